The fourth-order valence-corrected chi connectivity index (χ4v) is 2.86. The van der Waals surface area contributed by atoms with E-state index in [9.17, 15) is 17.6 Å². The van der Waals surface area contributed by atoms with Crippen LogP contribution in [0.1, 0.15) is 30.6 Å². The molecule has 2 aromatic rings. The molecule has 0 aliphatic rings. The molecule has 2 rings (SSSR count). The zero-order valence-corrected chi connectivity index (χ0v) is 16.0. The molecule has 1 heterocycles. The van der Waals surface area contributed by atoms with E-state index in [0.29, 0.717) is 12.1 Å². The molecule has 8 heteroatoms. The van der Waals surface area contributed by atoms with Gasteiger partial charge in [0.1, 0.15) is 11.6 Å². The lowest BCUT2D eigenvalue weighted by Gasteiger charge is -2.24. The fourth-order valence-electron chi connectivity index (χ4n) is 2.20. The third-order valence-electron chi connectivity index (χ3n) is 4.04. The fraction of sp³-hybridized carbons (Fsp3) is 0.263. The molecule has 0 aliphatic heterocycles. The van der Waals surface area contributed by atoms with E-state index in [0.717, 1.165) is 18.5 Å². The number of hydrogen-bond acceptors (Lipinski definition) is 5. The Morgan fingerprint density at radius 1 is 1.37 bits per heavy atom. The topological polar surface area (TPSA) is 88.2 Å². The number of carbonyl (C=O) groups excluding carboxylic acids is 1. The van der Waals surface area contributed by atoms with Gasteiger partial charge >= 0.3 is 0 Å². The first kappa shape index (κ1) is 20.4. The minimum Gasteiger partial charge on any atom is -0.340 e. The smallest absolute Gasteiger partial charge is 0.256 e. The molecule has 1 atom stereocenters. The van der Waals surface area contributed by atoms with Crippen molar-refractivity contribution in [2.75, 3.05) is 11.6 Å². The maximum atomic E-state index is 13.7. The van der Waals surface area contributed by atoms with Crippen LogP contribution in [0.25, 0.3) is 0 Å². The number of benzene rings is 1. The molecule has 1 aromatic carbocycles. The lowest BCUT2D eigenvalue weighted by atomic mass is 9.99. The summed E-state index contributed by atoms with van der Waals surface area (Å²) in [6.45, 7) is 3.50. The summed E-state index contributed by atoms with van der Waals surface area (Å²) < 4.78 is 37.1. The number of aromatic nitrogens is 1. The molecule has 142 valence electrons. The molecule has 27 heavy (non-hydrogen) atoms. The van der Waals surface area contributed by atoms with E-state index in [1.54, 1.807) is 19.1 Å². The van der Waals surface area contributed by atoms with Crippen molar-refractivity contribution in [2.45, 2.75) is 30.7 Å². The number of amides is 1. The summed E-state index contributed by atoms with van der Waals surface area (Å²) in [6, 6.07) is 7.05. The van der Waals surface area contributed by atoms with Crippen molar-refractivity contribution >= 4 is 27.2 Å². The predicted octanol–water partition coefficient (Wildman–Crippen LogP) is 2.90. The molecule has 0 spiro atoms. The highest BCUT2D eigenvalue weighted by Crippen LogP contribution is 2.23. The van der Waals surface area contributed by atoms with E-state index >= 15 is 0 Å². The summed E-state index contributed by atoms with van der Waals surface area (Å²) >= 11 is 0. The monoisotopic (exact) mass is 389 g/mol. The van der Waals surface area contributed by atoms with Gasteiger partial charge in [0, 0.05) is 11.9 Å². The van der Waals surface area contributed by atoms with Crippen LogP contribution in [0.4, 0.5) is 15.9 Å². The Morgan fingerprint density at radius 3 is 2.67 bits per heavy atom. The Balaban J connectivity index is 2.40. The summed E-state index contributed by atoms with van der Waals surface area (Å²) in [7, 11) is -3.40. The number of pyridine rings is 1. The zero-order valence-electron chi connectivity index (χ0n) is 15.2. The Morgan fingerprint density at radius 2 is 2.07 bits per heavy atom. The van der Waals surface area contributed by atoms with Gasteiger partial charge in [-0.2, -0.15) is 0 Å². The zero-order chi connectivity index (χ0) is 20.2. The molecule has 1 aromatic heterocycles. The Kier molecular flexibility index (Phi) is 5.86. The molecule has 0 aliphatic carbocycles. The van der Waals surface area contributed by atoms with Crippen molar-refractivity contribution < 1.29 is 17.6 Å². The molecule has 6 nitrogen and oxygen atoms in total. The molecule has 2 N–H and O–H groups in total. The number of rotatable bonds is 6. The molecule has 0 fully saturated rings. The number of halogens is 1. The van der Waals surface area contributed by atoms with E-state index in [2.05, 4.69) is 21.5 Å². The van der Waals surface area contributed by atoms with Gasteiger partial charge in [0.25, 0.3) is 5.91 Å². The molecule has 1 unspecified atom stereocenters. The van der Waals surface area contributed by atoms with Crippen LogP contribution in [-0.2, 0) is 9.84 Å². The van der Waals surface area contributed by atoms with Gasteiger partial charge in [0.05, 0.1) is 22.2 Å². The molecular formula is C19H20FN3O3S. The average Bonchev–Trinajstić information content (AvgIpc) is 2.62. The number of terminal acetylenes is 1. The number of nitrogens with zero attached hydrogens (tertiary/aromatic N) is 1. The van der Waals surface area contributed by atoms with Gasteiger partial charge < -0.3 is 10.6 Å². The third-order valence-corrected chi connectivity index (χ3v) is 5.15. The maximum absolute atomic E-state index is 13.7. The third kappa shape index (κ3) is 5.05. The molecule has 0 bridgehead atoms. The van der Waals surface area contributed by atoms with Crippen molar-refractivity contribution in [1.29, 1.82) is 0 Å². The first-order valence-corrected chi connectivity index (χ1v) is 10.00. The standard InChI is InChI=1S/C19H20FN3O3S/c1-5-19(3,6-2)23-18(24)16-10-13(20)12-21-17(16)22-14-8-7-9-15(11-14)27(4,25)26/h1,7-12H,6H2,2-4H3,(H,21,22)(H,23,24). The lowest BCUT2D eigenvalue weighted by Crippen LogP contribution is -2.44. The molecular weight excluding hydrogens is 369 g/mol. The van der Waals surface area contributed by atoms with Gasteiger partial charge in [-0.25, -0.2) is 17.8 Å². The van der Waals surface area contributed by atoms with Gasteiger partial charge in [-0.1, -0.05) is 18.9 Å². The van der Waals surface area contributed by atoms with Gasteiger partial charge in [-0.15, -0.1) is 6.42 Å². The normalized spacial score (nSPS) is 13.3. The first-order chi connectivity index (χ1) is 12.6. The number of carbonyl (C=O) groups is 1. The largest absolute Gasteiger partial charge is 0.340 e. The minimum atomic E-state index is -3.40. The number of hydrogen-bond donors (Lipinski definition) is 2. The van der Waals surface area contributed by atoms with Crippen LogP contribution in [0.5, 0.6) is 0 Å². The molecule has 0 saturated carbocycles. The van der Waals surface area contributed by atoms with E-state index in [1.807, 2.05) is 6.92 Å². The van der Waals surface area contributed by atoms with Crippen molar-refractivity contribution in [3.8, 4) is 12.3 Å². The van der Waals surface area contributed by atoms with E-state index in [-0.39, 0.29) is 16.3 Å². The van der Waals surface area contributed by atoms with Crippen LogP contribution in [0, 0.1) is 18.2 Å². The summed E-state index contributed by atoms with van der Waals surface area (Å²) in [5, 5.41) is 5.54. The van der Waals surface area contributed by atoms with Gasteiger partial charge in [-0.3, -0.25) is 4.79 Å². The van der Waals surface area contributed by atoms with E-state index < -0.39 is 27.1 Å². The second kappa shape index (κ2) is 7.76. The van der Waals surface area contributed by atoms with Crippen LogP contribution >= 0.6 is 0 Å². The molecule has 0 saturated heterocycles. The van der Waals surface area contributed by atoms with Gasteiger partial charge in [-0.05, 0) is 37.6 Å². The van der Waals surface area contributed by atoms with Crippen LogP contribution in [-0.4, -0.2) is 31.1 Å². The average molecular weight is 389 g/mol. The van der Waals surface area contributed by atoms with Crippen LogP contribution < -0.4 is 10.6 Å². The quantitative estimate of drug-likeness (QED) is 0.742. The molecule has 1 amide bonds. The Labute approximate surface area is 158 Å². The second-order valence-electron chi connectivity index (χ2n) is 6.26. The highest BCUT2D eigenvalue weighted by atomic mass is 32.2. The van der Waals surface area contributed by atoms with Crippen molar-refractivity contribution in [2.24, 2.45) is 0 Å². The Bertz CT molecular complexity index is 1020. The van der Waals surface area contributed by atoms with Crippen molar-refractivity contribution in [3.63, 3.8) is 0 Å². The van der Waals surface area contributed by atoms with Crippen LogP contribution in [0.2, 0.25) is 0 Å². The number of nitrogens with one attached hydrogen (secondary N) is 2. The van der Waals surface area contributed by atoms with Crippen LogP contribution in [0.3, 0.4) is 0 Å². The minimum absolute atomic E-state index is 0.0466. The van der Waals surface area contributed by atoms with Crippen LogP contribution in [0.15, 0.2) is 41.4 Å². The molecule has 0 radical (unpaired) electrons. The summed E-state index contributed by atoms with van der Waals surface area (Å²) in [6.07, 6.45) is 8.00. The Hall–Kier alpha value is -2.92. The highest BCUT2D eigenvalue weighted by Gasteiger charge is 2.24. The first-order valence-electron chi connectivity index (χ1n) is 8.11. The lowest BCUT2D eigenvalue weighted by molar-refractivity contribution is 0.0924. The number of sulfone groups is 1. The number of anilines is 2. The summed E-state index contributed by atoms with van der Waals surface area (Å²) in [5.74, 6) is 1.30. The van der Waals surface area contributed by atoms with E-state index in [1.165, 1.54) is 12.1 Å². The second-order valence-corrected chi connectivity index (χ2v) is 8.27. The maximum Gasteiger partial charge on any atom is 0.256 e. The van der Waals surface area contributed by atoms with Gasteiger partial charge in [0.15, 0.2) is 9.84 Å². The van der Waals surface area contributed by atoms with E-state index in [4.69, 9.17) is 6.42 Å². The van der Waals surface area contributed by atoms with Gasteiger partial charge in [0.2, 0.25) is 0 Å². The summed E-state index contributed by atoms with van der Waals surface area (Å²) in [5.41, 5.74) is -0.548. The van der Waals surface area contributed by atoms with Crippen molar-refractivity contribution in [1.82, 2.24) is 10.3 Å². The summed E-state index contributed by atoms with van der Waals surface area (Å²) in [4.78, 5) is 16.6. The SMILES string of the molecule is C#CC(C)(CC)NC(=O)c1cc(F)cnc1Nc1cccc(S(C)(=O)=O)c1. The predicted molar refractivity (Wildman–Crippen MR) is 102 cm³/mol. The van der Waals surface area contributed by atoms with Crippen molar-refractivity contribution in [3.05, 3.63) is 47.9 Å². The highest BCUT2D eigenvalue weighted by molar-refractivity contribution is 7.90.